The molecule has 0 fully saturated rings. The molecule has 4 heteroatoms. The zero-order valence-electron chi connectivity index (χ0n) is 4.84. The highest BCUT2D eigenvalue weighted by Gasteiger charge is 2.04. The molecule has 0 N–H and O–H groups in total. The fourth-order valence-corrected chi connectivity index (χ4v) is 0.671. The largest absolute Gasteiger partial charge is 0.296 e. The molecule has 0 aromatic carbocycles. The lowest BCUT2D eigenvalue weighted by molar-refractivity contribution is 0.111. The van der Waals surface area contributed by atoms with E-state index in [-0.39, 0.29) is 10.7 Å². The third-order valence-corrected chi connectivity index (χ3v) is 1.27. The van der Waals surface area contributed by atoms with Crippen LogP contribution >= 0.6 is 11.6 Å². The number of hydrogen-bond acceptors (Lipinski definition) is 2. The SMILES string of the molecule is O=Cc1nccc(Cl)c1F. The molecular formula is C6H3ClFNO. The van der Waals surface area contributed by atoms with Gasteiger partial charge in [0.2, 0.25) is 0 Å². The van der Waals surface area contributed by atoms with Gasteiger partial charge < -0.3 is 0 Å². The molecule has 0 saturated heterocycles. The predicted molar refractivity (Wildman–Crippen MR) is 34.6 cm³/mol. The summed E-state index contributed by atoms with van der Waals surface area (Å²) in [6.45, 7) is 0. The van der Waals surface area contributed by atoms with Gasteiger partial charge in [-0.05, 0) is 6.07 Å². The van der Waals surface area contributed by atoms with E-state index in [1.165, 1.54) is 12.3 Å². The molecule has 1 aromatic heterocycles. The van der Waals surface area contributed by atoms with Crippen molar-refractivity contribution in [3.05, 3.63) is 28.8 Å². The lowest BCUT2D eigenvalue weighted by Gasteiger charge is -1.92. The Morgan fingerprint density at radius 3 is 2.90 bits per heavy atom. The molecule has 0 saturated carbocycles. The maximum absolute atomic E-state index is 12.6. The van der Waals surface area contributed by atoms with Gasteiger partial charge in [-0.15, -0.1) is 0 Å². The van der Waals surface area contributed by atoms with E-state index in [0.717, 1.165) is 0 Å². The first kappa shape index (κ1) is 7.15. The molecule has 0 spiro atoms. The Hall–Kier alpha value is -0.960. The van der Waals surface area contributed by atoms with Gasteiger partial charge in [0.05, 0.1) is 5.02 Å². The summed E-state index contributed by atoms with van der Waals surface area (Å²) in [6.07, 6.45) is 1.59. The monoisotopic (exact) mass is 159 g/mol. The number of hydrogen-bond donors (Lipinski definition) is 0. The summed E-state index contributed by atoms with van der Waals surface area (Å²) in [5.74, 6) is -0.765. The molecule has 2 nitrogen and oxygen atoms in total. The van der Waals surface area contributed by atoms with E-state index in [4.69, 9.17) is 11.6 Å². The molecule has 0 aliphatic carbocycles. The number of aldehydes is 1. The van der Waals surface area contributed by atoms with E-state index in [2.05, 4.69) is 4.98 Å². The van der Waals surface area contributed by atoms with Crippen LogP contribution in [0.3, 0.4) is 0 Å². The number of carbonyl (C=O) groups excluding carboxylic acids is 1. The van der Waals surface area contributed by atoms with Crippen molar-refractivity contribution < 1.29 is 9.18 Å². The van der Waals surface area contributed by atoms with Crippen LogP contribution in [0, 0.1) is 5.82 Å². The number of aromatic nitrogens is 1. The Morgan fingerprint density at radius 2 is 2.40 bits per heavy atom. The van der Waals surface area contributed by atoms with Crippen LogP contribution in [0.25, 0.3) is 0 Å². The number of pyridine rings is 1. The molecule has 0 bridgehead atoms. The van der Waals surface area contributed by atoms with Crippen LogP contribution in [0.5, 0.6) is 0 Å². The van der Waals surface area contributed by atoms with E-state index in [9.17, 15) is 9.18 Å². The fraction of sp³-hybridized carbons (Fsp3) is 0. The van der Waals surface area contributed by atoms with Crippen molar-refractivity contribution in [3.8, 4) is 0 Å². The minimum absolute atomic E-state index is 0.0860. The zero-order chi connectivity index (χ0) is 7.56. The molecule has 10 heavy (non-hydrogen) atoms. The average molecular weight is 160 g/mol. The summed E-state index contributed by atoms with van der Waals surface area (Å²) in [5, 5.41) is -0.0860. The maximum atomic E-state index is 12.6. The molecule has 0 unspecified atom stereocenters. The Bertz CT molecular complexity index is 264. The summed E-state index contributed by atoms with van der Waals surface area (Å²) in [5.41, 5.74) is -0.257. The van der Waals surface area contributed by atoms with Gasteiger partial charge in [0.25, 0.3) is 0 Å². The first-order chi connectivity index (χ1) is 4.75. The minimum Gasteiger partial charge on any atom is -0.296 e. The van der Waals surface area contributed by atoms with E-state index >= 15 is 0 Å². The Morgan fingerprint density at radius 1 is 1.70 bits per heavy atom. The van der Waals surface area contributed by atoms with Gasteiger partial charge in [-0.1, -0.05) is 11.6 Å². The van der Waals surface area contributed by atoms with Crippen LogP contribution in [0.2, 0.25) is 5.02 Å². The highest BCUT2D eigenvalue weighted by atomic mass is 35.5. The minimum atomic E-state index is -0.765. The summed E-state index contributed by atoms with van der Waals surface area (Å²) < 4.78 is 12.6. The lowest BCUT2D eigenvalue weighted by Crippen LogP contribution is -1.91. The molecule has 1 aromatic rings. The Labute approximate surface area is 61.6 Å². The van der Waals surface area contributed by atoms with Gasteiger partial charge in [-0.2, -0.15) is 0 Å². The van der Waals surface area contributed by atoms with Crippen molar-refractivity contribution in [1.29, 1.82) is 0 Å². The van der Waals surface area contributed by atoms with Gasteiger partial charge in [0.1, 0.15) is 5.69 Å². The van der Waals surface area contributed by atoms with Gasteiger partial charge in [-0.3, -0.25) is 9.78 Å². The second-order valence-corrected chi connectivity index (χ2v) is 2.02. The van der Waals surface area contributed by atoms with Crippen molar-refractivity contribution in [3.63, 3.8) is 0 Å². The predicted octanol–water partition coefficient (Wildman–Crippen LogP) is 1.69. The smallest absolute Gasteiger partial charge is 0.171 e. The molecule has 1 rings (SSSR count). The van der Waals surface area contributed by atoms with Crippen LogP contribution in [0.15, 0.2) is 12.3 Å². The van der Waals surface area contributed by atoms with Gasteiger partial charge >= 0.3 is 0 Å². The average Bonchev–Trinajstić information content (AvgIpc) is 1.95. The first-order valence-electron chi connectivity index (χ1n) is 2.51. The number of rotatable bonds is 1. The van der Waals surface area contributed by atoms with Gasteiger partial charge in [-0.25, -0.2) is 4.39 Å². The number of nitrogens with zero attached hydrogens (tertiary/aromatic N) is 1. The molecule has 1 heterocycles. The van der Waals surface area contributed by atoms with Crippen molar-refractivity contribution in [2.24, 2.45) is 0 Å². The lowest BCUT2D eigenvalue weighted by atomic mass is 10.3. The van der Waals surface area contributed by atoms with Crippen LogP contribution in [0.1, 0.15) is 10.5 Å². The van der Waals surface area contributed by atoms with Crippen LogP contribution in [-0.4, -0.2) is 11.3 Å². The highest BCUT2D eigenvalue weighted by Crippen LogP contribution is 2.13. The fourth-order valence-electron chi connectivity index (χ4n) is 0.517. The summed E-state index contributed by atoms with van der Waals surface area (Å²) >= 11 is 5.32. The third kappa shape index (κ3) is 1.14. The molecule has 0 radical (unpaired) electrons. The van der Waals surface area contributed by atoms with E-state index < -0.39 is 5.82 Å². The molecule has 0 amide bonds. The van der Waals surface area contributed by atoms with Crippen LogP contribution in [-0.2, 0) is 0 Å². The zero-order valence-corrected chi connectivity index (χ0v) is 5.60. The Kier molecular flexibility index (Phi) is 1.97. The second-order valence-electron chi connectivity index (χ2n) is 1.61. The van der Waals surface area contributed by atoms with Crippen molar-refractivity contribution in [1.82, 2.24) is 4.98 Å². The quantitative estimate of drug-likeness (QED) is 0.584. The molecule has 0 aliphatic rings. The first-order valence-corrected chi connectivity index (χ1v) is 2.88. The van der Waals surface area contributed by atoms with E-state index in [1.807, 2.05) is 0 Å². The summed E-state index contributed by atoms with van der Waals surface area (Å²) in [7, 11) is 0. The van der Waals surface area contributed by atoms with Gasteiger partial charge in [0, 0.05) is 6.20 Å². The normalized spacial score (nSPS) is 9.40. The van der Waals surface area contributed by atoms with Crippen molar-refractivity contribution in [2.75, 3.05) is 0 Å². The number of carbonyl (C=O) groups is 1. The summed E-state index contributed by atoms with van der Waals surface area (Å²) in [6, 6.07) is 1.28. The van der Waals surface area contributed by atoms with Crippen LogP contribution < -0.4 is 0 Å². The molecule has 0 aliphatic heterocycles. The Balaban J connectivity index is 3.27. The summed E-state index contributed by atoms with van der Waals surface area (Å²) in [4.78, 5) is 13.4. The number of halogens is 2. The van der Waals surface area contributed by atoms with E-state index in [0.29, 0.717) is 6.29 Å². The molecule has 52 valence electrons. The maximum Gasteiger partial charge on any atom is 0.171 e. The van der Waals surface area contributed by atoms with E-state index in [1.54, 1.807) is 0 Å². The van der Waals surface area contributed by atoms with Crippen molar-refractivity contribution in [2.45, 2.75) is 0 Å². The topological polar surface area (TPSA) is 30.0 Å². The second kappa shape index (κ2) is 2.75. The van der Waals surface area contributed by atoms with Gasteiger partial charge in [0.15, 0.2) is 12.1 Å². The highest BCUT2D eigenvalue weighted by molar-refractivity contribution is 6.30. The standard InChI is InChI=1S/C6H3ClFNO/c7-4-1-2-9-5(3-10)6(4)8/h1-3H. The molecule has 0 atom stereocenters. The van der Waals surface area contributed by atoms with Crippen LogP contribution in [0.4, 0.5) is 4.39 Å². The third-order valence-electron chi connectivity index (χ3n) is 0.981. The molecular weight excluding hydrogens is 157 g/mol. The van der Waals surface area contributed by atoms with Crippen molar-refractivity contribution >= 4 is 17.9 Å².